The molecule has 0 aliphatic heterocycles. The van der Waals surface area contributed by atoms with Crippen molar-refractivity contribution in [1.82, 2.24) is 19.7 Å². The number of hydrogen-bond acceptors (Lipinski definition) is 3. The Bertz CT molecular complexity index is 1100. The molecule has 28 heavy (non-hydrogen) atoms. The van der Waals surface area contributed by atoms with E-state index < -0.39 is 5.82 Å². The minimum Gasteiger partial charge on any atom is -0.250 e. The van der Waals surface area contributed by atoms with Gasteiger partial charge in [0.2, 0.25) is 0 Å². The van der Waals surface area contributed by atoms with Gasteiger partial charge in [0.15, 0.2) is 11.6 Å². The minimum absolute atomic E-state index is 0.319. The van der Waals surface area contributed by atoms with Gasteiger partial charge in [0.1, 0.15) is 23.1 Å². The van der Waals surface area contributed by atoms with Gasteiger partial charge in [-0.15, -0.1) is 5.10 Å². The molecule has 0 amide bonds. The quantitative estimate of drug-likeness (QED) is 0.501. The lowest BCUT2D eigenvalue weighted by atomic mass is 10.2. The molecule has 0 atom stereocenters. The summed E-state index contributed by atoms with van der Waals surface area (Å²) in [7, 11) is 0. The average Bonchev–Trinajstić information content (AvgIpc) is 3.12. The van der Waals surface area contributed by atoms with E-state index in [4.69, 9.17) is 0 Å². The van der Waals surface area contributed by atoms with E-state index in [0.717, 1.165) is 6.20 Å². The van der Waals surface area contributed by atoms with E-state index >= 15 is 0 Å². The summed E-state index contributed by atoms with van der Waals surface area (Å²) in [5.74, 6) is -0.550. The maximum Gasteiger partial charge on any atom is 0.182 e. The first kappa shape index (κ1) is 17.9. The van der Waals surface area contributed by atoms with Crippen LogP contribution in [0.2, 0.25) is 0 Å². The largest absolute Gasteiger partial charge is 0.250 e. The fourth-order valence-electron chi connectivity index (χ4n) is 2.75. The normalized spacial score (nSPS) is 11.0. The molecule has 2 aromatic carbocycles. The summed E-state index contributed by atoms with van der Waals surface area (Å²) in [5.41, 5.74) is 2.33. The zero-order valence-electron chi connectivity index (χ0n) is 15.1. The lowest BCUT2D eigenvalue weighted by molar-refractivity contribution is 0.612. The molecule has 140 valence electrons. The summed E-state index contributed by atoms with van der Waals surface area (Å²) in [6, 6.07) is 12.0. The molecule has 2 aromatic heterocycles. The summed E-state index contributed by atoms with van der Waals surface area (Å²) in [6.07, 6.45) is 1.11. The molecule has 0 fully saturated rings. The Labute approximate surface area is 159 Å². The first-order valence-corrected chi connectivity index (χ1v) is 8.54. The number of hydrogen-bond donors (Lipinski definition) is 0. The Kier molecular flexibility index (Phi) is 4.43. The van der Waals surface area contributed by atoms with Crippen molar-refractivity contribution >= 4 is 0 Å². The van der Waals surface area contributed by atoms with Gasteiger partial charge < -0.3 is 0 Å². The molecule has 0 N–H and O–H groups in total. The topological polar surface area (TPSA) is 43.6 Å². The molecule has 0 spiro atoms. The summed E-state index contributed by atoms with van der Waals surface area (Å²) < 4.78 is 42.5. The highest BCUT2D eigenvalue weighted by atomic mass is 19.1. The SMILES string of the molecule is Cc1cc(-c2nc(-c3ccc(F)cc3)nn2-c2ccc(C)c(F)c2)ncc1F. The zero-order chi connectivity index (χ0) is 19.8. The summed E-state index contributed by atoms with van der Waals surface area (Å²) in [4.78, 5) is 8.61. The van der Waals surface area contributed by atoms with E-state index in [1.807, 2.05) is 0 Å². The Morgan fingerprint density at radius 1 is 0.821 bits per heavy atom. The number of benzene rings is 2. The van der Waals surface area contributed by atoms with Crippen LogP contribution in [-0.2, 0) is 0 Å². The molecule has 7 heteroatoms. The summed E-state index contributed by atoms with van der Waals surface area (Å²) in [6.45, 7) is 3.28. The molecule has 2 heterocycles. The van der Waals surface area contributed by atoms with Gasteiger partial charge in [-0.1, -0.05) is 6.07 Å². The maximum absolute atomic E-state index is 14.1. The molecule has 0 saturated carbocycles. The van der Waals surface area contributed by atoms with Gasteiger partial charge in [0.05, 0.1) is 11.9 Å². The Hall–Kier alpha value is -3.48. The highest BCUT2D eigenvalue weighted by Gasteiger charge is 2.18. The Morgan fingerprint density at radius 2 is 1.57 bits per heavy atom. The van der Waals surface area contributed by atoms with Crippen LogP contribution in [0.15, 0.2) is 54.7 Å². The Balaban J connectivity index is 1.92. The second-order valence-electron chi connectivity index (χ2n) is 6.43. The molecule has 0 aliphatic rings. The van der Waals surface area contributed by atoms with Crippen molar-refractivity contribution in [3.8, 4) is 28.6 Å². The van der Waals surface area contributed by atoms with Crippen LogP contribution >= 0.6 is 0 Å². The van der Waals surface area contributed by atoms with E-state index in [1.54, 1.807) is 44.2 Å². The number of pyridine rings is 1. The molecule has 0 aliphatic carbocycles. The van der Waals surface area contributed by atoms with Crippen molar-refractivity contribution in [2.45, 2.75) is 13.8 Å². The number of rotatable bonds is 3. The van der Waals surface area contributed by atoms with Gasteiger partial charge in [0, 0.05) is 5.56 Å². The van der Waals surface area contributed by atoms with E-state index in [9.17, 15) is 13.2 Å². The highest BCUT2D eigenvalue weighted by molar-refractivity contribution is 5.62. The monoisotopic (exact) mass is 380 g/mol. The van der Waals surface area contributed by atoms with Gasteiger partial charge in [-0.3, -0.25) is 0 Å². The van der Waals surface area contributed by atoms with Gasteiger partial charge in [0.25, 0.3) is 0 Å². The minimum atomic E-state index is -0.435. The molecular formula is C21H15F3N4. The summed E-state index contributed by atoms with van der Waals surface area (Å²) in [5, 5.41) is 4.46. The van der Waals surface area contributed by atoms with Gasteiger partial charge in [-0.25, -0.2) is 27.8 Å². The first-order valence-electron chi connectivity index (χ1n) is 8.54. The first-order chi connectivity index (χ1) is 13.4. The predicted octanol–water partition coefficient (Wildman–Crippen LogP) is 5.03. The molecule has 4 nitrogen and oxygen atoms in total. The number of halogens is 3. The lowest BCUT2D eigenvalue weighted by Crippen LogP contribution is -2.02. The third-order valence-corrected chi connectivity index (χ3v) is 4.39. The van der Waals surface area contributed by atoms with Crippen LogP contribution in [-0.4, -0.2) is 19.7 Å². The third kappa shape index (κ3) is 3.26. The summed E-state index contributed by atoms with van der Waals surface area (Å²) >= 11 is 0. The van der Waals surface area contributed by atoms with Gasteiger partial charge in [-0.2, -0.15) is 0 Å². The maximum atomic E-state index is 14.1. The van der Waals surface area contributed by atoms with E-state index in [-0.39, 0.29) is 11.6 Å². The molecule has 0 radical (unpaired) electrons. The van der Waals surface area contributed by atoms with E-state index in [2.05, 4.69) is 15.1 Å². The number of aromatic nitrogens is 4. The molecule has 0 unspecified atom stereocenters. The third-order valence-electron chi connectivity index (χ3n) is 4.39. The molecule has 0 bridgehead atoms. The van der Waals surface area contributed by atoms with Crippen LogP contribution < -0.4 is 0 Å². The van der Waals surface area contributed by atoms with Crippen molar-refractivity contribution in [1.29, 1.82) is 0 Å². The second kappa shape index (κ2) is 6.92. The van der Waals surface area contributed by atoms with E-state index in [0.29, 0.717) is 39.7 Å². The fraction of sp³-hybridized carbons (Fsp3) is 0.0952. The van der Waals surface area contributed by atoms with Crippen molar-refractivity contribution in [2.75, 3.05) is 0 Å². The van der Waals surface area contributed by atoms with Crippen LogP contribution in [0, 0.1) is 31.3 Å². The van der Waals surface area contributed by atoms with E-state index in [1.165, 1.54) is 22.9 Å². The standard InChI is InChI=1S/C21H15F3N4/c1-12-3-8-16(10-17(12)23)28-21(19-9-13(2)18(24)11-25-19)26-20(27-28)14-4-6-15(22)7-5-14/h3-11H,1-2H3. The lowest BCUT2D eigenvalue weighted by Gasteiger charge is -2.07. The van der Waals surface area contributed by atoms with Gasteiger partial charge >= 0.3 is 0 Å². The van der Waals surface area contributed by atoms with Crippen LogP contribution in [0.1, 0.15) is 11.1 Å². The molecular weight excluding hydrogens is 365 g/mol. The molecule has 4 rings (SSSR count). The van der Waals surface area contributed by atoms with Crippen LogP contribution in [0.5, 0.6) is 0 Å². The van der Waals surface area contributed by atoms with Crippen molar-refractivity contribution in [3.63, 3.8) is 0 Å². The van der Waals surface area contributed by atoms with Crippen molar-refractivity contribution in [3.05, 3.63) is 83.3 Å². The number of aryl methyl sites for hydroxylation is 2. The van der Waals surface area contributed by atoms with Crippen LogP contribution in [0.3, 0.4) is 0 Å². The van der Waals surface area contributed by atoms with Crippen LogP contribution in [0.25, 0.3) is 28.6 Å². The van der Waals surface area contributed by atoms with Gasteiger partial charge in [-0.05, 0) is 67.4 Å². The van der Waals surface area contributed by atoms with Crippen molar-refractivity contribution < 1.29 is 13.2 Å². The van der Waals surface area contributed by atoms with Crippen molar-refractivity contribution in [2.24, 2.45) is 0 Å². The molecule has 0 saturated heterocycles. The smallest absolute Gasteiger partial charge is 0.182 e. The Morgan fingerprint density at radius 3 is 2.25 bits per heavy atom. The predicted molar refractivity (Wildman–Crippen MR) is 99.4 cm³/mol. The fourth-order valence-corrected chi connectivity index (χ4v) is 2.75. The molecule has 4 aromatic rings. The zero-order valence-corrected chi connectivity index (χ0v) is 15.1. The average molecular weight is 380 g/mol. The second-order valence-corrected chi connectivity index (χ2v) is 6.43. The highest BCUT2D eigenvalue weighted by Crippen LogP contribution is 2.26. The number of nitrogens with zero attached hydrogens (tertiary/aromatic N) is 4. The van der Waals surface area contributed by atoms with Crippen LogP contribution in [0.4, 0.5) is 13.2 Å².